The summed E-state index contributed by atoms with van der Waals surface area (Å²) >= 11 is 0. The molecule has 8 aromatic carbocycles. The van der Waals surface area contributed by atoms with Crippen molar-refractivity contribution in [2.75, 3.05) is 0 Å². The van der Waals surface area contributed by atoms with Gasteiger partial charge in [-0.3, -0.25) is 4.57 Å². The second-order valence-electron chi connectivity index (χ2n) is 12.2. The summed E-state index contributed by atoms with van der Waals surface area (Å²) in [4.78, 5) is 14.4. The molecule has 2 aromatic heterocycles. The second kappa shape index (κ2) is 13.8. The van der Waals surface area contributed by atoms with Crippen molar-refractivity contribution < 1.29 is 26.0 Å². The van der Waals surface area contributed by atoms with Gasteiger partial charge in [0.25, 0.3) is 0 Å². The summed E-state index contributed by atoms with van der Waals surface area (Å²) in [6, 6.07) is 13.0. The van der Waals surface area contributed by atoms with E-state index >= 15 is 0 Å². The van der Waals surface area contributed by atoms with E-state index < -0.39 is 126 Å². The molecule has 0 aliphatic heterocycles. The van der Waals surface area contributed by atoms with Crippen LogP contribution in [-0.4, -0.2) is 19.5 Å². The molecule has 10 rings (SSSR count). The first-order valence-corrected chi connectivity index (χ1v) is 17.0. The van der Waals surface area contributed by atoms with Crippen LogP contribution < -0.4 is 0 Å². The first-order chi connectivity index (χ1) is 35.2. The largest absolute Gasteiger partial charge is 0.278 e. The Kier molecular flexibility index (Phi) is 4.55. The van der Waals surface area contributed by atoms with Crippen LogP contribution in [0.4, 0.5) is 0 Å². The zero-order valence-electron chi connectivity index (χ0n) is 47.4. The maximum Gasteiger partial charge on any atom is 0.238 e. The van der Waals surface area contributed by atoms with Crippen molar-refractivity contribution in [1.82, 2.24) is 19.5 Å². The van der Waals surface area contributed by atoms with Gasteiger partial charge >= 0.3 is 0 Å². The van der Waals surface area contributed by atoms with Gasteiger partial charge in [-0.15, -0.1) is 0 Å². The van der Waals surface area contributed by atoms with Gasteiger partial charge < -0.3 is 0 Å². The molecule has 4 nitrogen and oxygen atoms in total. The Balaban J connectivity index is 1.35. The van der Waals surface area contributed by atoms with Gasteiger partial charge in [-0.05, 0) is 62.7 Å². The van der Waals surface area contributed by atoms with Gasteiger partial charge in [0, 0.05) is 21.9 Å². The van der Waals surface area contributed by atoms with Gasteiger partial charge in [0.2, 0.25) is 5.95 Å². The Labute approximate surface area is 346 Å². The smallest absolute Gasteiger partial charge is 0.238 e. The maximum atomic E-state index is 9.42. The van der Waals surface area contributed by atoms with Crippen LogP contribution in [0.5, 0.6) is 0 Å². The van der Waals surface area contributed by atoms with E-state index in [0.29, 0.717) is 16.5 Å². The van der Waals surface area contributed by atoms with Crippen LogP contribution in [0.3, 0.4) is 0 Å². The van der Waals surface area contributed by atoms with Crippen molar-refractivity contribution in [2.24, 2.45) is 0 Å². The Morgan fingerprint density at radius 3 is 1.55 bits per heavy atom. The molecule has 0 aliphatic rings. The summed E-state index contributed by atoms with van der Waals surface area (Å²) < 4.78 is 168. The molecule has 0 saturated heterocycles. The highest BCUT2D eigenvalue weighted by Gasteiger charge is 2.21. The molecule has 10 aromatic rings. The number of benzene rings is 8. The fraction of sp³-hybridized carbons (Fsp3) is 0. The molecule has 4 heteroatoms. The summed E-state index contributed by atoms with van der Waals surface area (Å²) in [5.41, 5.74) is 0.353. The maximum absolute atomic E-state index is 9.42. The van der Waals surface area contributed by atoms with Crippen molar-refractivity contribution in [3.05, 3.63) is 206 Å². The average molecular weight is 722 g/mol. The summed E-state index contributed by atoms with van der Waals surface area (Å²) in [6.45, 7) is 0. The van der Waals surface area contributed by atoms with E-state index in [1.165, 1.54) is 16.7 Å². The number of para-hydroxylation sites is 1. The summed E-state index contributed by atoms with van der Waals surface area (Å²) in [5.74, 6) is -0.535. The summed E-state index contributed by atoms with van der Waals surface area (Å²) in [5, 5.41) is 0.651. The van der Waals surface area contributed by atoms with Gasteiger partial charge in [0.05, 0.1) is 37.1 Å². The monoisotopic (exact) mass is 721 g/mol. The van der Waals surface area contributed by atoms with Crippen LogP contribution in [0.25, 0.3) is 95.0 Å². The molecule has 0 radical (unpaired) electrons. The number of hydrogen-bond acceptors (Lipinski definition) is 3. The number of nitrogens with zero attached hydrogens (tertiary/aromatic N) is 4. The molecule has 0 bridgehead atoms. The molecule has 55 heavy (non-hydrogen) atoms. The van der Waals surface area contributed by atoms with E-state index in [1.54, 1.807) is 36.4 Å². The van der Waals surface area contributed by atoms with Crippen LogP contribution in [-0.2, 0) is 0 Å². The van der Waals surface area contributed by atoms with Gasteiger partial charge in [0.15, 0.2) is 11.6 Å². The second-order valence-corrected chi connectivity index (χ2v) is 12.2. The average Bonchev–Trinajstić information content (AvgIpc) is 3.75. The first kappa shape index (κ1) is 18.1. The molecule has 0 fully saturated rings. The lowest BCUT2D eigenvalue weighted by Crippen LogP contribution is -2.06. The molecule has 2 heterocycles. The predicted molar refractivity (Wildman–Crippen MR) is 227 cm³/mol. The van der Waals surface area contributed by atoms with Crippen molar-refractivity contribution in [3.63, 3.8) is 0 Å². The normalized spacial score (nSPS) is 16.1. The quantitative estimate of drug-likeness (QED) is 0.165. The standard InChI is InChI=1S/C51H34N4/c1-5-15-35(16-6-1)37-25-27-39(28-26-37)43-33-45(40-19-9-3-10-20-40)48-44-23-13-14-24-46(44)55(47(48)34-43)51-53-49(41-21-11-4-12-22-41)52-50(54-51)42-31-29-38(30-32-42)36-17-7-2-8-18-36/h1-34H/i1D,3D,4D,5D,6D,9D,10D,11D,12D,15D,16D,19D,20D,21D,22D,25D,26D,27D,28D. The minimum absolute atomic E-state index is 0.00725. The number of aromatic nitrogens is 4. The Morgan fingerprint density at radius 2 is 0.873 bits per heavy atom. The van der Waals surface area contributed by atoms with Crippen LogP contribution in [0.15, 0.2) is 206 Å². The third kappa shape index (κ3) is 6.06. The lowest BCUT2D eigenvalue weighted by molar-refractivity contribution is 0.953. The molecule has 0 unspecified atom stereocenters. The summed E-state index contributed by atoms with van der Waals surface area (Å²) in [7, 11) is 0. The van der Waals surface area contributed by atoms with Crippen molar-refractivity contribution in [3.8, 4) is 73.2 Å². The van der Waals surface area contributed by atoms with Crippen LogP contribution in [0.1, 0.15) is 26.0 Å². The molecule has 0 aliphatic carbocycles. The Hall–Kier alpha value is -7.43. The lowest BCUT2D eigenvalue weighted by Gasteiger charge is -2.13. The molecule has 258 valence electrons. The van der Waals surface area contributed by atoms with E-state index in [2.05, 4.69) is 0 Å². The minimum Gasteiger partial charge on any atom is -0.278 e. The van der Waals surface area contributed by atoms with Gasteiger partial charge in [-0.25, -0.2) is 4.98 Å². The number of rotatable bonds is 7. The van der Waals surface area contributed by atoms with Gasteiger partial charge in [-0.2, -0.15) is 9.97 Å². The molecule has 0 saturated carbocycles. The summed E-state index contributed by atoms with van der Waals surface area (Å²) in [6.07, 6.45) is 0. The van der Waals surface area contributed by atoms with E-state index in [4.69, 9.17) is 35.5 Å². The fourth-order valence-electron chi connectivity index (χ4n) is 6.50. The van der Waals surface area contributed by atoms with E-state index in [1.807, 2.05) is 42.5 Å². The topological polar surface area (TPSA) is 43.6 Å². The molecule has 0 spiro atoms. The molecule has 0 amide bonds. The van der Waals surface area contributed by atoms with E-state index in [-0.39, 0.29) is 56.3 Å². The fourth-order valence-corrected chi connectivity index (χ4v) is 6.50. The molecular formula is C51H34N4. The van der Waals surface area contributed by atoms with Crippen molar-refractivity contribution >= 4 is 21.8 Å². The van der Waals surface area contributed by atoms with Gasteiger partial charge in [0.1, 0.15) is 0 Å². The Bertz CT molecular complexity index is 3950. The highest BCUT2D eigenvalue weighted by Crippen LogP contribution is 2.41. The molecular weight excluding hydrogens is 669 g/mol. The molecule has 0 N–H and O–H groups in total. The minimum atomic E-state index is -0.770. The van der Waals surface area contributed by atoms with Crippen LogP contribution in [0.2, 0.25) is 0 Å². The number of hydrogen-bond donors (Lipinski definition) is 0. The van der Waals surface area contributed by atoms with Crippen molar-refractivity contribution in [2.45, 2.75) is 0 Å². The highest BCUT2D eigenvalue weighted by atomic mass is 15.2. The van der Waals surface area contributed by atoms with Crippen LogP contribution >= 0.6 is 0 Å². The third-order valence-electron chi connectivity index (χ3n) is 9.00. The predicted octanol–water partition coefficient (Wildman–Crippen LogP) is 13.0. The van der Waals surface area contributed by atoms with E-state index in [0.717, 1.165) is 11.1 Å². The number of fused-ring (bicyclic) bond motifs is 3. The lowest BCUT2D eigenvalue weighted by atomic mass is 9.93. The van der Waals surface area contributed by atoms with Gasteiger partial charge in [-0.1, -0.05) is 188 Å². The highest BCUT2D eigenvalue weighted by molar-refractivity contribution is 6.16. The Morgan fingerprint density at radius 1 is 0.364 bits per heavy atom. The van der Waals surface area contributed by atoms with Crippen LogP contribution in [0, 0.1) is 0 Å². The SMILES string of the molecule is [2H]c1c([2H])c([2H])c(-c2nc(-c3ccc(-c4ccccc4)cc3)nc(-n3c4ccccc4c4c(-c5c([2H])c([2H])c([2H])c([2H])c5[2H])cc(-c5c([2H])c([2H])c(-c6c([2H])c([2H])c([2H])c([2H])c6[2H])c([2H])c5[2H])cc43)n2)c([2H])c1[2H]. The zero-order chi connectivity index (χ0) is 53.1. The molecule has 0 atom stereocenters. The van der Waals surface area contributed by atoms with E-state index in [9.17, 15) is 5.48 Å². The third-order valence-corrected chi connectivity index (χ3v) is 9.00. The first-order valence-electron chi connectivity index (χ1n) is 26.5. The van der Waals surface area contributed by atoms with Crippen molar-refractivity contribution in [1.29, 1.82) is 0 Å². The zero-order valence-corrected chi connectivity index (χ0v) is 28.4.